The zero-order valence-electron chi connectivity index (χ0n) is 14.5. The van der Waals surface area contributed by atoms with Gasteiger partial charge < -0.3 is 9.47 Å². The summed E-state index contributed by atoms with van der Waals surface area (Å²) in [6.07, 6.45) is 2.27. The standard InChI is InChI=1S/C21H24O3/c1-16(2)24-21(22)13-17(3)15-23-20-11-9-19(10-12-20)14-18-7-5-4-6-8-18/h4-13,16H,14-15H2,1-3H3/b17-13+. The van der Waals surface area contributed by atoms with Crippen LogP contribution in [0.15, 0.2) is 66.2 Å². The number of hydrogen-bond acceptors (Lipinski definition) is 3. The summed E-state index contributed by atoms with van der Waals surface area (Å²) >= 11 is 0. The second-order valence-electron chi connectivity index (χ2n) is 6.07. The van der Waals surface area contributed by atoms with Crippen LogP contribution in [-0.2, 0) is 16.0 Å². The van der Waals surface area contributed by atoms with Gasteiger partial charge in [-0.25, -0.2) is 4.79 Å². The van der Waals surface area contributed by atoms with Crippen LogP contribution in [0.5, 0.6) is 5.75 Å². The molecule has 0 saturated heterocycles. The Balaban J connectivity index is 1.85. The molecule has 0 spiro atoms. The highest BCUT2D eigenvalue weighted by Gasteiger charge is 2.03. The molecule has 0 aliphatic rings. The molecule has 0 aliphatic carbocycles. The molecule has 0 radical (unpaired) electrons. The van der Waals surface area contributed by atoms with Gasteiger partial charge in [0, 0.05) is 6.08 Å². The monoisotopic (exact) mass is 324 g/mol. The SMILES string of the molecule is C/C(=C\C(=O)OC(C)C)COc1ccc(Cc2ccccc2)cc1. The summed E-state index contributed by atoms with van der Waals surface area (Å²) in [6, 6.07) is 18.4. The highest BCUT2D eigenvalue weighted by Crippen LogP contribution is 2.16. The maximum absolute atomic E-state index is 11.5. The molecule has 2 aromatic rings. The number of hydrogen-bond donors (Lipinski definition) is 0. The van der Waals surface area contributed by atoms with Gasteiger partial charge >= 0.3 is 5.97 Å². The van der Waals surface area contributed by atoms with Gasteiger partial charge in [0.05, 0.1) is 6.10 Å². The van der Waals surface area contributed by atoms with Crippen LogP contribution in [0.4, 0.5) is 0 Å². The molecule has 24 heavy (non-hydrogen) atoms. The fourth-order valence-electron chi connectivity index (χ4n) is 2.24. The Labute approximate surface area is 143 Å². The largest absolute Gasteiger partial charge is 0.489 e. The van der Waals surface area contributed by atoms with Crippen molar-refractivity contribution in [1.82, 2.24) is 0 Å². The van der Waals surface area contributed by atoms with Crippen LogP contribution in [0.25, 0.3) is 0 Å². The predicted molar refractivity (Wildman–Crippen MR) is 96.2 cm³/mol. The predicted octanol–water partition coefficient (Wildman–Crippen LogP) is 4.55. The first kappa shape index (κ1) is 17.8. The molecule has 0 bridgehead atoms. The summed E-state index contributed by atoms with van der Waals surface area (Å²) in [4.78, 5) is 11.5. The second kappa shape index (κ2) is 8.92. The number of carbonyl (C=O) groups excluding carboxylic acids is 1. The van der Waals surface area contributed by atoms with E-state index in [1.54, 1.807) is 0 Å². The Kier molecular flexibility index (Phi) is 6.62. The number of ether oxygens (including phenoxy) is 2. The number of benzene rings is 2. The lowest BCUT2D eigenvalue weighted by atomic mass is 10.1. The summed E-state index contributed by atoms with van der Waals surface area (Å²) in [5.74, 6) is 0.459. The topological polar surface area (TPSA) is 35.5 Å². The van der Waals surface area contributed by atoms with Crippen molar-refractivity contribution in [2.45, 2.75) is 33.3 Å². The molecule has 0 saturated carbocycles. The summed E-state index contributed by atoms with van der Waals surface area (Å²) in [5.41, 5.74) is 3.35. The third-order valence-corrected chi connectivity index (χ3v) is 3.36. The van der Waals surface area contributed by atoms with Crippen molar-refractivity contribution < 1.29 is 14.3 Å². The third-order valence-electron chi connectivity index (χ3n) is 3.36. The summed E-state index contributed by atoms with van der Waals surface area (Å²) in [5, 5.41) is 0. The van der Waals surface area contributed by atoms with Gasteiger partial charge in [-0.3, -0.25) is 0 Å². The molecule has 0 N–H and O–H groups in total. The summed E-state index contributed by atoms with van der Waals surface area (Å²) in [6.45, 7) is 5.87. The van der Waals surface area contributed by atoms with Crippen LogP contribution in [0.3, 0.4) is 0 Å². The van der Waals surface area contributed by atoms with E-state index in [1.807, 2.05) is 51.1 Å². The van der Waals surface area contributed by atoms with Crippen molar-refractivity contribution in [3.05, 3.63) is 77.4 Å². The van der Waals surface area contributed by atoms with Gasteiger partial charge in [-0.1, -0.05) is 42.5 Å². The van der Waals surface area contributed by atoms with Crippen molar-refractivity contribution in [1.29, 1.82) is 0 Å². The van der Waals surface area contributed by atoms with Gasteiger partial charge in [0.2, 0.25) is 0 Å². The number of carbonyl (C=O) groups is 1. The van der Waals surface area contributed by atoms with Crippen molar-refractivity contribution in [2.75, 3.05) is 6.61 Å². The molecule has 3 nitrogen and oxygen atoms in total. The van der Waals surface area contributed by atoms with Crippen LogP contribution in [-0.4, -0.2) is 18.7 Å². The second-order valence-corrected chi connectivity index (χ2v) is 6.07. The molecule has 0 heterocycles. The van der Waals surface area contributed by atoms with Crippen molar-refractivity contribution >= 4 is 5.97 Å². The van der Waals surface area contributed by atoms with Gasteiger partial charge in [-0.15, -0.1) is 0 Å². The van der Waals surface area contributed by atoms with Crippen LogP contribution in [0.1, 0.15) is 31.9 Å². The van der Waals surface area contributed by atoms with Crippen LogP contribution >= 0.6 is 0 Å². The minimum absolute atomic E-state index is 0.111. The zero-order chi connectivity index (χ0) is 17.4. The van der Waals surface area contributed by atoms with E-state index in [9.17, 15) is 4.79 Å². The lowest BCUT2D eigenvalue weighted by Gasteiger charge is -2.09. The molecule has 2 aromatic carbocycles. The first-order valence-corrected chi connectivity index (χ1v) is 8.16. The van der Waals surface area contributed by atoms with Crippen molar-refractivity contribution in [2.24, 2.45) is 0 Å². The Morgan fingerprint density at radius 3 is 2.25 bits per heavy atom. The first-order chi connectivity index (χ1) is 11.5. The first-order valence-electron chi connectivity index (χ1n) is 8.16. The maximum Gasteiger partial charge on any atom is 0.331 e. The maximum atomic E-state index is 11.5. The number of esters is 1. The van der Waals surface area contributed by atoms with Gasteiger partial charge in [0.15, 0.2) is 0 Å². The zero-order valence-corrected chi connectivity index (χ0v) is 14.5. The highest BCUT2D eigenvalue weighted by molar-refractivity contribution is 5.82. The Morgan fingerprint density at radius 2 is 1.62 bits per heavy atom. The molecule has 3 heteroatoms. The van der Waals surface area contributed by atoms with E-state index < -0.39 is 0 Å². The lowest BCUT2D eigenvalue weighted by molar-refractivity contribution is -0.141. The van der Waals surface area contributed by atoms with Crippen LogP contribution in [0.2, 0.25) is 0 Å². The molecule has 0 atom stereocenters. The van der Waals surface area contributed by atoms with Crippen molar-refractivity contribution in [3.63, 3.8) is 0 Å². The van der Waals surface area contributed by atoms with Gasteiger partial charge in [-0.05, 0) is 56.0 Å². The van der Waals surface area contributed by atoms with E-state index in [0.717, 1.165) is 17.7 Å². The van der Waals surface area contributed by atoms with Crippen LogP contribution < -0.4 is 4.74 Å². The summed E-state index contributed by atoms with van der Waals surface area (Å²) < 4.78 is 10.8. The third kappa shape index (κ3) is 6.29. The van der Waals surface area contributed by atoms with Crippen molar-refractivity contribution in [3.8, 4) is 5.75 Å². The Hall–Kier alpha value is -2.55. The average Bonchev–Trinajstić information content (AvgIpc) is 2.54. The molecule has 2 rings (SSSR count). The molecular formula is C21H24O3. The average molecular weight is 324 g/mol. The highest BCUT2D eigenvalue weighted by atomic mass is 16.5. The molecule has 0 aromatic heterocycles. The minimum Gasteiger partial charge on any atom is -0.489 e. The van der Waals surface area contributed by atoms with E-state index in [4.69, 9.17) is 9.47 Å². The molecule has 126 valence electrons. The van der Waals surface area contributed by atoms with E-state index >= 15 is 0 Å². The van der Waals surface area contributed by atoms with Gasteiger partial charge in [0.1, 0.15) is 12.4 Å². The quantitative estimate of drug-likeness (QED) is 0.553. The smallest absolute Gasteiger partial charge is 0.331 e. The Bertz CT molecular complexity index is 670. The molecule has 0 fully saturated rings. The molecular weight excluding hydrogens is 300 g/mol. The lowest BCUT2D eigenvalue weighted by Crippen LogP contribution is -2.10. The molecule has 0 unspecified atom stereocenters. The van der Waals surface area contributed by atoms with Gasteiger partial charge in [-0.2, -0.15) is 0 Å². The van der Waals surface area contributed by atoms with Crippen LogP contribution in [0, 0.1) is 0 Å². The normalized spacial score (nSPS) is 11.4. The van der Waals surface area contributed by atoms with Gasteiger partial charge in [0.25, 0.3) is 0 Å². The Morgan fingerprint density at radius 1 is 1.00 bits per heavy atom. The van der Waals surface area contributed by atoms with E-state index in [0.29, 0.717) is 6.61 Å². The summed E-state index contributed by atoms with van der Waals surface area (Å²) in [7, 11) is 0. The minimum atomic E-state index is -0.329. The van der Waals surface area contributed by atoms with E-state index in [1.165, 1.54) is 17.2 Å². The molecule has 0 amide bonds. The number of rotatable bonds is 7. The van der Waals surface area contributed by atoms with E-state index in [-0.39, 0.29) is 12.1 Å². The fraction of sp³-hybridized carbons (Fsp3) is 0.286. The fourth-order valence-corrected chi connectivity index (χ4v) is 2.24. The van der Waals surface area contributed by atoms with E-state index in [2.05, 4.69) is 24.3 Å². The molecule has 0 aliphatic heterocycles.